The Morgan fingerprint density at radius 1 is 1.10 bits per heavy atom. The van der Waals surface area contributed by atoms with Gasteiger partial charge in [-0.15, -0.1) is 0 Å². The summed E-state index contributed by atoms with van der Waals surface area (Å²) < 4.78 is 31.5. The number of nitrogens with two attached hydrogens (primary N) is 1. The molecular formula is C19H17ClF3NO5. The Kier molecular flexibility index (Phi) is 6.99. The van der Waals surface area contributed by atoms with Gasteiger partial charge in [-0.3, -0.25) is 0 Å². The van der Waals surface area contributed by atoms with Crippen LogP contribution in [0.4, 0.5) is 13.2 Å². The quantitative estimate of drug-likeness (QED) is 0.541. The van der Waals surface area contributed by atoms with E-state index in [1.54, 1.807) is 6.07 Å². The first-order valence-electron chi connectivity index (χ1n) is 8.32. The summed E-state index contributed by atoms with van der Waals surface area (Å²) in [6.45, 7) is 0.908. The minimum Gasteiger partial charge on any atom is -0.542 e. The first-order chi connectivity index (χ1) is 13.5. The van der Waals surface area contributed by atoms with Crippen molar-refractivity contribution < 1.29 is 43.7 Å². The summed E-state index contributed by atoms with van der Waals surface area (Å²) in [5.41, 5.74) is 2.80. The van der Waals surface area contributed by atoms with Crippen molar-refractivity contribution in [3.63, 3.8) is 0 Å². The standard InChI is InChI=1S/C17H16ClNO3.C2HF3O2/c18-12-3-1-10(2-4-12)9-11-7-8-19-15(11)13-5-6-14(20)17(22)16(13)21;3-2(4,5)1(6)7/h1-6,9,15,19-22H,7-8H2;(H,6,7)/b11-9+;. The fraction of sp³-hybridized carbons (Fsp3) is 0.211. The lowest BCUT2D eigenvalue weighted by Gasteiger charge is -2.13. The summed E-state index contributed by atoms with van der Waals surface area (Å²) in [5.74, 6) is -4.05. The van der Waals surface area contributed by atoms with E-state index in [1.807, 2.05) is 24.3 Å². The maximum Gasteiger partial charge on any atom is 0.430 e. The molecule has 156 valence electrons. The van der Waals surface area contributed by atoms with E-state index in [1.165, 1.54) is 6.07 Å². The molecule has 1 heterocycles. The number of aromatic hydroxyl groups is 3. The van der Waals surface area contributed by atoms with Gasteiger partial charge in [0.1, 0.15) is 12.0 Å². The predicted octanol–water partition coefficient (Wildman–Crippen LogP) is 1.85. The highest BCUT2D eigenvalue weighted by Crippen LogP contribution is 2.41. The van der Waals surface area contributed by atoms with Gasteiger partial charge in [0.2, 0.25) is 5.75 Å². The van der Waals surface area contributed by atoms with Gasteiger partial charge < -0.3 is 30.5 Å². The molecule has 29 heavy (non-hydrogen) atoms. The van der Waals surface area contributed by atoms with E-state index < -0.39 is 17.9 Å². The number of quaternary nitrogens is 1. The van der Waals surface area contributed by atoms with Crippen molar-refractivity contribution >= 4 is 23.6 Å². The summed E-state index contributed by atoms with van der Waals surface area (Å²) in [6.07, 6.45) is -2.22. The van der Waals surface area contributed by atoms with E-state index in [4.69, 9.17) is 21.5 Å². The number of hydrogen-bond donors (Lipinski definition) is 4. The summed E-state index contributed by atoms with van der Waals surface area (Å²) in [7, 11) is 0. The second kappa shape index (κ2) is 9.06. The van der Waals surface area contributed by atoms with Gasteiger partial charge in [-0.25, -0.2) is 0 Å². The smallest absolute Gasteiger partial charge is 0.430 e. The molecule has 3 rings (SSSR count). The number of carboxylic acid groups (broad SMARTS) is 1. The largest absolute Gasteiger partial charge is 0.542 e. The molecule has 1 saturated heterocycles. The Morgan fingerprint density at radius 3 is 2.24 bits per heavy atom. The molecule has 2 aromatic rings. The third kappa shape index (κ3) is 5.78. The van der Waals surface area contributed by atoms with Crippen LogP contribution in [0.3, 0.4) is 0 Å². The zero-order chi connectivity index (χ0) is 21.8. The summed E-state index contributed by atoms with van der Waals surface area (Å²) in [5, 5.41) is 40.8. The third-order valence-corrected chi connectivity index (χ3v) is 4.44. The average Bonchev–Trinajstić information content (AvgIpc) is 3.09. The molecule has 1 fully saturated rings. The second-order valence-electron chi connectivity index (χ2n) is 6.18. The Hall–Kier alpha value is -2.91. The highest BCUT2D eigenvalue weighted by atomic mass is 35.5. The average molecular weight is 432 g/mol. The fourth-order valence-corrected chi connectivity index (χ4v) is 2.95. The molecule has 1 atom stereocenters. The molecule has 0 radical (unpaired) electrons. The molecule has 1 unspecified atom stereocenters. The number of carbonyl (C=O) groups excluding carboxylic acids is 1. The van der Waals surface area contributed by atoms with Crippen molar-refractivity contribution in [2.45, 2.75) is 18.6 Å². The highest BCUT2D eigenvalue weighted by Gasteiger charge is 2.30. The van der Waals surface area contributed by atoms with Crippen LogP contribution in [0.15, 0.2) is 42.0 Å². The van der Waals surface area contributed by atoms with Crippen molar-refractivity contribution in [1.82, 2.24) is 0 Å². The van der Waals surface area contributed by atoms with Crippen LogP contribution in [0.1, 0.15) is 23.6 Å². The van der Waals surface area contributed by atoms with E-state index in [0.29, 0.717) is 10.6 Å². The molecule has 0 aromatic heterocycles. The van der Waals surface area contributed by atoms with Crippen molar-refractivity contribution in [2.24, 2.45) is 0 Å². The van der Waals surface area contributed by atoms with Crippen molar-refractivity contribution in [1.29, 1.82) is 0 Å². The Labute approximate surface area is 168 Å². The molecule has 0 spiro atoms. The van der Waals surface area contributed by atoms with Gasteiger partial charge in [-0.2, -0.15) is 13.2 Å². The van der Waals surface area contributed by atoms with Gasteiger partial charge in [-0.1, -0.05) is 23.7 Å². The predicted molar refractivity (Wildman–Crippen MR) is 96.1 cm³/mol. The van der Waals surface area contributed by atoms with E-state index in [-0.39, 0.29) is 17.5 Å². The van der Waals surface area contributed by atoms with Crippen LogP contribution >= 0.6 is 11.6 Å². The number of aliphatic carboxylic acids is 1. The minimum atomic E-state index is -5.19. The molecule has 6 nitrogen and oxygen atoms in total. The number of hydrogen-bond acceptors (Lipinski definition) is 5. The van der Waals surface area contributed by atoms with Gasteiger partial charge in [0.15, 0.2) is 11.5 Å². The lowest BCUT2D eigenvalue weighted by molar-refractivity contribution is -0.671. The van der Waals surface area contributed by atoms with Crippen molar-refractivity contribution in [3.8, 4) is 17.2 Å². The zero-order valence-corrected chi connectivity index (χ0v) is 15.5. The zero-order valence-electron chi connectivity index (χ0n) is 14.8. The number of benzene rings is 2. The number of alkyl halides is 3. The van der Waals surface area contributed by atoms with Crippen LogP contribution in [0.25, 0.3) is 6.08 Å². The van der Waals surface area contributed by atoms with Gasteiger partial charge in [0, 0.05) is 11.4 Å². The monoisotopic (exact) mass is 431 g/mol. The molecule has 0 amide bonds. The van der Waals surface area contributed by atoms with Crippen molar-refractivity contribution in [3.05, 3.63) is 58.1 Å². The number of phenolic OH excluding ortho intramolecular Hbond substituents is 3. The van der Waals surface area contributed by atoms with E-state index in [2.05, 4.69) is 11.4 Å². The van der Waals surface area contributed by atoms with Crippen LogP contribution in [0.2, 0.25) is 5.02 Å². The molecule has 1 aliphatic heterocycles. The van der Waals surface area contributed by atoms with Gasteiger partial charge in [0.05, 0.1) is 12.1 Å². The van der Waals surface area contributed by atoms with Crippen LogP contribution in [-0.4, -0.2) is 34.0 Å². The Bertz CT molecular complexity index is 913. The molecule has 2 aromatic carbocycles. The van der Waals surface area contributed by atoms with Gasteiger partial charge >= 0.3 is 6.18 Å². The minimum absolute atomic E-state index is 0.0674. The van der Waals surface area contributed by atoms with Crippen LogP contribution in [-0.2, 0) is 4.79 Å². The van der Waals surface area contributed by atoms with Crippen LogP contribution in [0.5, 0.6) is 17.2 Å². The number of phenols is 3. The Morgan fingerprint density at radius 2 is 1.69 bits per heavy atom. The van der Waals surface area contributed by atoms with Crippen LogP contribution < -0.4 is 10.4 Å². The number of carbonyl (C=O) groups is 1. The van der Waals surface area contributed by atoms with Gasteiger partial charge in [-0.05, 0) is 41.5 Å². The highest BCUT2D eigenvalue weighted by molar-refractivity contribution is 6.30. The molecule has 0 saturated carbocycles. The number of carboxylic acids is 1. The maximum atomic E-state index is 10.5. The molecule has 0 bridgehead atoms. The first kappa shape index (κ1) is 22.4. The van der Waals surface area contributed by atoms with Crippen molar-refractivity contribution in [2.75, 3.05) is 6.54 Å². The Balaban J connectivity index is 0.000000370. The molecule has 10 heteroatoms. The maximum absolute atomic E-state index is 10.5. The SMILES string of the molecule is O=C([O-])C(F)(F)F.Oc1ccc(C2[NH2+]CC/C2=C\c2ccc(Cl)cc2)c(O)c1O. The van der Waals surface area contributed by atoms with E-state index in [9.17, 15) is 28.5 Å². The van der Waals surface area contributed by atoms with Gasteiger partial charge in [0.25, 0.3) is 0 Å². The molecule has 0 aliphatic carbocycles. The molecule has 5 N–H and O–H groups in total. The lowest BCUT2D eigenvalue weighted by Crippen LogP contribution is -2.82. The number of halogens is 4. The summed E-state index contributed by atoms with van der Waals surface area (Å²) in [4.78, 5) is 8.78. The molecule has 1 aliphatic rings. The third-order valence-electron chi connectivity index (χ3n) is 4.18. The van der Waals surface area contributed by atoms with E-state index >= 15 is 0 Å². The summed E-state index contributed by atoms with van der Waals surface area (Å²) in [6, 6.07) is 10.5. The fourth-order valence-electron chi connectivity index (χ4n) is 2.82. The molecular weight excluding hydrogens is 415 g/mol. The number of rotatable bonds is 2. The van der Waals surface area contributed by atoms with Crippen LogP contribution in [0, 0.1) is 0 Å². The normalized spacial score (nSPS) is 17.7. The topological polar surface area (TPSA) is 117 Å². The van der Waals surface area contributed by atoms with E-state index in [0.717, 1.165) is 24.1 Å². The summed E-state index contributed by atoms with van der Waals surface area (Å²) >= 11 is 5.89. The first-order valence-corrected chi connectivity index (χ1v) is 8.69. The lowest BCUT2D eigenvalue weighted by atomic mass is 9.96. The second-order valence-corrected chi connectivity index (χ2v) is 6.62.